The van der Waals surface area contributed by atoms with Gasteiger partial charge >= 0.3 is 0 Å². The Balaban J connectivity index is 1.42. The van der Waals surface area contributed by atoms with Gasteiger partial charge in [-0.05, 0) is 28.8 Å². The van der Waals surface area contributed by atoms with Crippen LogP contribution in [-0.2, 0) is 11.2 Å². The molecule has 3 heterocycles. The summed E-state index contributed by atoms with van der Waals surface area (Å²) in [4.78, 5) is 18.8. The Morgan fingerprint density at radius 1 is 1.29 bits per heavy atom. The third-order valence-electron chi connectivity index (χ3n) is 4.30. The number of thiophene rings is 1. The SMILES string of the molecule is O=C(Cc1ccsc1)N1CCC(c2nc(-c3ccccc3)no2)C1. The van der Waals surface area contributed by atoms with Crippen molar-refractivity contribution in [3.05, 3.63) is 58.6 Å². The molecule has 0 saturated carbocycles. The van der Waals surface area contributed by atoms with Gasteiger partial charge in [0.2, 0.25) is 17.6 Å². The van der Waals surface area contributed by atoms with E-state index in [0.717, 1.165) is 24.1 Å². The van der Waals surface area contributed by atoms with Crippen LogP contribution in [0.5, 0.6) is 0 Å². The van der Waals surface area contributed by atoms with Crippen LogP contribution in [0.2, 0.25) is 0 Å². The summed E-state index contributed by atoms with van der Waals surface area (Å²) in [5.74, 6) is 1.52. The quantitative estimate of drug-likeness (QED) is 0.731. The molecule has 4 rings (SSSR count). The zero-order valence-corrected chi connectivity index (χ0v) is 13.9. The van der Waals surface area contributed by atoms with Gasteiger partial charge in [-0.3, -0.25) is 4.79 Å². The highest BCUT2D eigenvalue weighted by atomic mass is 32.1. The van der Waals surface area contributed by atoms with Gasteiger partial charge in [-0.25, -0.2) is 0 Å². The molecule has 5 nitrogen and oxygen atoms in total. The molecule has 1 aliphatic rings. The van der Waals surface area contributed by atoms with Crippen molar-refractivity contribution < 1.29 is 9.32 Å². The standard InChI is InChI=1S/C18H17N3O2S/c22-16(10-13-7-9-24-12-13)21-8-6-15(11-21)18-19-17(20-23-18)14-4-2-1-3-5-14/h1-5,7,9,12,15H,6,8,10-11H2. The first-order valence-electron chi connectivity index (χ1n) is 7.97. The highest BCUT2D eigenvalue weighted by Crippen LogP contribution is 2.28. The van der Waals surface area contributed by atoms with Crippen LogP contribution in [-0.4, -0.2) is 34.0 Å². The topological polar surface area (TPSA) is 59.2 Å². The van der Waals surface area contributed by atoms with E-state index >= 15 is 0 Å². The fourth-order valence-electron chi connectivity index (χ4n) is 2.97. The van der Waals surface area contributed by atoms with Crippen molar-refractivity contribution in [1.82, 2.24) is 15.0 Å². The van der Waals surface area contributed by atoms with Crippen LogP contribution in [0.1, 0.15) is 23.8 Å². The second kappa shape index (κ2) is 6.57. The van der Waals surface area contributed by atoms with Crippen molar-refractivity contribution in [3.63, 3.8) is 0 Å². The highest BCUT2D eigenvalue weighted by molar-refractivity contribution is 7.08. The molecular formula is C18H17N3O2S. The number of carbonyl (C=O) groups excluding carboxylic acids is 1. The maximum atomic E-state index is 12.4. The zero-order valence-electron chi connectivity index (χ0n) is 13.1. The van der Waals surface area contributed by atoms with E-state index in [9.17, 15) is 4.79 Å². The van der Waals surface area contributed by atoms with Crippen molar-refractivity contribution in [2.45, 2.75) is 18.8 Å². The molecule has 1 saturated heterocycles. The Bertz CT molecular complexity index is 814. The molecule has 1 amide bonds. The van der Waals surface area contributed by atoms with Crippen LogP contribution in [0, 0.1) is 0 Å². The van der Waals surface area contributed by atoms with E-state index in [1.165, 1.54) is 0 Å². The van der Waals surface area contributed by atoms with E-state index in [1.807, 2.05) is 52.1 Å². The van der Waals surface area contributed by atoms with Gasteiger partial charge in [0.1, 0.15) is 0 Å². The maximum absolute atomic E-state index is 12.4. The van der Waals surface area contributed by atoms with Crippen molar-refractivity contribution in [3.8, 4) is 11.4 Å². The monoisotopic (exact) mass is 339 g/mol. The van der Waals surface area contributed by atoms with Crippen LogP contribution in [0.15, 0.2) is 51.7 Å². The lowest BCUT2D eigenvalue weighted by Gasteiger charge is -2.15. The van der Waals surface area contributed by atoms with Crippen LogP contribution in [0.4, 0.5) is 0 Å². The van der Waals surface area contributed by atoms with Crippen molar-refractivity contribution in [1.29, 1.82) is 0 Å². The Morgan fingerprint density at radius 2 is 2.17 bits per heavy atom. The molecule has 1 aromatic carbocycles. The minimum absolute atomic E-state index is 0.126. The third-order valence-corrected chi connectivity index (χ3v) is 5.03. The van der Waals surface area contributed by atoms with Gasteiger partial charge in [-0.2, -0.15) is 16.3 Å². The van der Waals surface area contributed by atoms with Gasteiger partial charge in [-0.1, -0.05) is 35.5 Å². The number of benzene rings is 1. The summed E-state index contributed by atoms with van der Waals surface area (Å²) in [6.07, 6.45) is 1.33. The number of nitrogens with zero attached hydrogens (tertiary/aromatic N) is 3. The minimum atomic E-state index is 0.126. The highest BCUT2D eigenvalue weighted by Gasteiger charge is 2.31. The van der Waals surface area contributed by atoms with Gasteiger partial charge < -0.3 is 9.42 Å². The normalized spacial score (nSPS) is 17.3. The van der Waals surface area contributed by atoms with Crippen LogP contribution < -0.4 is 0 Å². The predicted octanol–water partition coefficient (Wildman–Crippen LogP) is 3.36. The fraction of sp³-hybridized carbons (Fsp3) is 0.278. The molecule has 122 valence electrons. The molecule has 0 spiro atoms. The summed E-state index contributed by atoms with van der Waals surface area (Å²) in [6.45, 7) is 1.40. The van der Waals surface area contributed by atoms with Gasteiger partial charge in [0.05, 0.1) is 12.3 Å². The molecule has 6 heteroatoms. The average molecular weight is 339 g/mol. The summed E-state index contributed by atoms with van der Waals surface area (Å²) < 4.78 is 5.44. The van der Waals surface area contributed by atoms with Gasteiger partial charge in [0, 0.05) is 18.7 Å². The van der Waals surface area contributed by atoms with Gasteiger partial charge in [0.25, 0.3) is 0 Å². The van der Waals surface area contributed by atoms with E-state index in [2.05, 4.69) is 10.1 Å². The van der Waals surface area contributed by atoms with Crippen molar-refractivity contribution in [2.24, 2.45) is 0 Å². The molecule has 0 bridgehead atoms. The molecule has 3 aromatic rings. The lowest BCUT2D eigenvalue weighted by Crippen LogP contribution is -2.29. The first kappa shape index (κ1) is 15.1. The number of amides is 1. The lowest BCUT2D eigenvalue weighted by molar-refractivity contribution is -0.129. The average Bonchev–Trinajstić information content (AvgIpc) is 3.36. The van der Waals surface area contributed by atoms with E-state index in [4.69, 9.17) is 4.52 Å². The molecule has 2 aromatic heterocycles. The van der Waals surface area contributed by atoms with E-state index in [1.54, 1.807) is 11.3 Å². The van der Waals surface area contributed by atoms with Gasteiger partial charge in [-0.15, -0.1) is 0 Å². The van der Waals surface area contributed by atoms with Crippen LogP contribution in [0.3, 0.4) is 0 Å². The van der Waals surface area contributed by atoms with Gasteiger partial charge in [0.15, 0.2) is 0 Å². The molecule has 0 N–H and O–H groups in total. The molecular weight excluding hydrogens is 322 g/mol. The summed E-state index contributed by atoms with van der Waals surface area (Å²) >= 11 is 1.62. The zero-order chi connectivity index (χ0) is 16.4. The summed E-state index contributed by atoms with van der Waals surface area (Å²) in [5, 5.41) is 8.10. The summed E-state index contributed by atoms with van der Waals surface area (Å²) in [7, 11) is 0. The van der Waals surface area contributed by atoms with Crippen LogP contribution in [0.25, 0.3) is 11.4 Å². The number of likely N-dealkylation sites (tertiary alicyclic amines) is 1. The number of hydrogen-bond acceptors (Lipinski definition) is 5. The lowest BCUT2D eigenvalue weighted by atomic mass is 10.1. The first-order chi connectivity index (χ1) is 11.8. The Hall–Kier alpha value is -2.47. The molecule has 24 heavy (non-hydrogen) atoms. The molecule has 1 atom stereocenters. The maximum Gasteiger partial charge on any atom is 0.231 e. The first-order valence-corrected chi connectivity index (χ1v) is 8.92. The molecule has 1 unspecified atom stereocenters. The predicted molar refractivity (Wildman–Crippen MR) is 91.7 cm³/mol. The van der Waals surface area contributed by atoms with Crippen LogP contribution >= 0.6 is 11.3 Å². The summed E-state index contributed by atoms with van der Waals surface area (Å²) in [6, 6.07) is 11.8. The van der Waals surface area contributed by atoms with E-state index < -0.39 is 0 Å². The number of carbonyl (C=O) groups is 1. The molecule has 1 aliphatic heterocycles. The molecule has 0 aliphatic carbocycles. The summed E-state index contributed by atoms with van der Waals surface area (Å²) in [5.41, 5.74) is 2.02. The smallest absolute Gasteiger partial charge is 0.231 e. The fourth-order valence-corrected chi connectivity index (χ4v) is 3.64. The van der Waals surface area contributed by atoms with Crippen molar-refractivity contribution in [2.75, 3.05) is 13.1 Å². The Morgan fingerprint density at radius 3 is 2.96 bits per heavy atom. The second-order valence-electron chi connectivity index (χ2n) is 5.96. The second-order valence-corrected chi connectivity index (χ2v) is 6.74. The largest absolute Gasteiger partial charge is 0.342 e. The van der Waals surface area contributed by atoms with E-state index in [-0.39, 0.29) is 11.8 Å². The molecule has 1 fully saturated rings. The Labute approximate surface area is 143 Å². The van der Waals surface area contributed by atoms with E-state index in [0.29, 0.717) is 24.7 Å². The number of rotatable bonds is 4. The number of aromatic nitrogens is 2. The Kier molecular flexibility index (Phi) is 4.13. The molecule has 0 radical (unpaired) electrons. The third kappa shape index (κ3) is 3.10. The number of hydrogen-bond donors (Lipinski definition) is 0. The minimum Gasteiger partial charge on any atom is -0.342 e. The van der Waals surface area contributed by atoms with Crippen molar-refractivity contribution >= 4 is 17.2 Å².